The molecule has 0 saturated carbocycles. The SMILES string of the molecule is C#CCCCCCC[O]. The lowest BCUT2D eigenvalue weighted by Crippen LogP contribution is -1.80. The van der Waals surface area contributed by atoms with Gasteiger partial charge in [0.2, 0.25) is 0 Å². The molecule has 0 N–H and O–H groups in total. The molecule has 0 saturated heterocycles. The van der Waals surface area contributed by atoms with E-state index in [1.807, 2.05) is 0 Å². The lowest BCUT2D eigenvalue weighted by atomic mass is 10.1. The predicted molar refractivity (Wildman–Crippen MR) is 37.5 cm³/mol. The van der Waals surface area contributed by atoms with Crippen LogP contribution in [0.1, 0.15) is 32.1 Å². The van der Waals surface area contributed by atoms with Crippen LogP contribution in [0.3, 0.4) is 0 Å². The van der Waals surface area contributed by atoms with Gasteiger partial charge in [0, 0.05) is 6.42 Å². The van der Waals surface area contributed by atoms with E-state index < -0.39 is 0 Å². The average Bonchev–Trinajstić information content (AvgIpc) is 1.89. The van der Waals surface area contributed by atoms with Crippen LogP contribution in [0.25, 0.3) is 0 Å². The summed E-state index contributed by atoms with van der Waals surface area (Å²) in [6, 6.07) is 0. The molecular formula is C8H13O. The number of unbranched alkanes of at least 4 members (excludes halogenated alkanes) is 4. The van der Waals surface area contributed by atoms with Crippen molar-refractivity contribution in [1.82, 2.24) is 0 Å². The van der Waals surface area contributed by atoms with Crippen molar-refractivity contribution in [2.24, 2.45) is 0 Å². The summed E-state index contributed by atoms with van der Waals surface area (Å²) in [6.45, 7) is 0.0655. The summed E-state index contributed by atoms with van der Waals surface area (Å²) in [6.07, 6.45) is 9.95. The van der Waals surface area contributed by atoms with Crippen molar-refractivity contribution in [1.29, 1.82) is 0 Å². The summed E-state index contributed by atoms with van der Waals surface area (Å²) in [5.74, 6) is 2.57. The topological polar surface area (TPSA) is 19.9 Å². The molecule has 0 atom stereocenters. The summed E-state index contributed by atoms with van der Waals surface area (Å²) in [5.41, 5.74) is 0. The number of terminal acetylenes is 1. The molecular weight excluding hydrogens is 112 g/mol. The lowest BCUT2D eigenvalue weighted by molar-refractivity contribution is 0.186. The van der Waals surface area contributed by atoms with Gasteiger partial charge in [-0.3, -0.25) is 0 Å². The van der Waals surface area contributed by atoms with Crippen LogP contribution in [0.5, 0.6) is 0 Å². The normalized spacial score (nSPS) is 8.89. The maximum atomic E-state index is 9.92. The van der Waals surface area contributed by atoms with Gasteiger partial charge < -0.3 is 0 Å². The maximum absolute atomic E-state index is 9.92. The van der Waals surface area contributed by atoms with Crippen molar-refractivity contribution in [3.05, 3.63) is 0 Å². The van der Waals surface area contributed by atoms with Gasteiger partial charge in [-0.2, -0.15) is 0 Å². The molecule has 9 heavy (non-hydrogen) atoms. The Balaban J connectivity index is 2.69. The van der Waals surface area contributed by atoms with Crippen LogP contribution >= 0.6 is 0 Å². The van der Waals surface area contributed by atoms with Gasteiger partial charge >= 0.3 is 0 Å². The van der Waals surface area contributed by atoms with Gasteiger partial charge in [0.15, 0.2) is 0 Å². The number of rotatable bonds is 5. The first-order valence-electron chi connectivity index (χ1n) is 3.43. The maximum Gasteiger partial charge on any atom is 0.0822 e. The Hall–Kier alpha value is -0.480. The van der Waals surface area contributed by atoms with E-state index in [0.717, 1.165) is 32.1 Å². The highest BCUT2D eigenvalue weighted by molar-refractivity contribution is 4.82. The highest BCUT2D eigenvalue weighted by atomic mass is 16.2. The van der Waals surface area contributed by atoms with E-state index in [9.17, 15) is 5.11 Å². The largest absolute Gasteiger partial charge is 0.237 e. The molecule has 0 aromatic heterocycles. The standard InChI is InChI=1S/C8H13O/c1-2-3-4-5-6-7-8-9/h1H,3-8H2. The van der Waals surface area contributed by atoms with E-state index in [4.69, 9.17) is 6.42 Å². The Kier molecular flexibility index (Phi) is 7.12. The average molecular weight is 125 g/mol. The van der Waals surface area contributed by atoms with Gasteiger partial charge in [-0.15, -0.1) is 12.3 Å². The highest BCUT2D eigenvalue weighted by Crippen LogP contribution is 2.00. The Bertz CT molecular complexity index is 81.1. The van der Waals surface area contributed by atoms with Gasteiger partial charge in [0.1, 0.15) is 0 Å². The van der Waals surface area contributed by atoms with E-state index in [-0.39, 0.29) is 6.61 Å². The molecule has 1 nitrogen and oxygen atoms in total. The van der Waals surface area contributed by atoms with E-state index >= 15 is 0 Å². The second-order valence-electron chi connectivity index (χ2n) is 2.07. The molecule has 0 aliphatic carbocycles. The van der Waals surface area contributed by atoms with Gasteiger partial charge in [-0.1, -0.05) is 12.8 Å². The Morgan fingerprint density at radius 1 is 1.11 bits per heavy atom. The minimum atomic E-state index is 0.0655. The second-order valence-corrected chi connectivity index (χ2v) is 2.07. The molecule has 0 fully saturated rings. The third kappa shape index (κ3) is 7.52. The van der Waals surface area contributed by atoms with Crippen LogP contribution < -0.4 is 0 Å². The van der Waals surface area contributed by atoms with Crippen molar-refractivity contribution in [2.45, 2.75) is 32.1 Å². The van der Waals surface area contributed by atoms with E-state index in [2.05, 4.69) is 5.92 Å². The quantitative estimate of drug-likeness (QED) is 0.395. The molecule has 1 heteroatoms. The minimum Gasteiger partial charge on any atom is -0.237 e. The minimum absolute atomic E-state index is 0.0655. The van der Waals surface area contributed by atoms with Crippen LogP contribution in [0.15, 0.2) is 0 Å². The molecule has 1 radical (unpaired) electrons. The van der Waals surface area contributed by atoms with Crippen LogP contribution in [0, 0.1) is 12.3 Å². The summed E-state index contributed by atoms with van der Waals surface area (Å²) >= 11 is 0. The van der Waals surface area contributed by atoms with Crippen LogP contribution in [0.2, 0.25) is 0 Å². The molecule has 0 rings (SSSR count). The zero-order chi connectivity index (χ0) is 6.95. The first kappa shape index (κ1) is 8.52. The molecule has 0 heterocycles. The smallest absolute Gasteiger partial charge is 0.0822 e. The zero-order valence-corrected chi connectivity index (χ0v) is 5.73. The molecule has 0 aliphatic heterocycles. The van der Waals surface area contributed by atoms with Crippen molar-refractivity contribution >= 4 is 0 Å². The molecule has 0 spiro atoms. The number of hydrogen-bond acceptors (Lipinski definition) is 0. The van der Waals surface area contributed by atoms with Crippen LogP contribution in [-0.4, -0.2) is 6.61 Å². The molecule has 0 aliphatic rings. The molecule has 51 valence electrons. The summed E-state index contributed by atoms with van der Waals surface area (Å²) in [5, 5.41) is 9.92. The predicted octanol–water partition coefficient (Wildman–Crippen LogP) is 2.00. The van der Waals surface area contributed by atoms with Gasteiger partial charge in [0.05, 0.1) is 6.61 Å². The zero-order valence-electron chi connectivity index (χ0n) is 5.73. The molecule has 0 unspecified atom stereocenters. The fraction of sp³-hybridized carbons (Fsp3) is 0.750. The van der Waals surface area contributed by atoms with Crippen molar-refractivity contribution in [2.75, 3.05) is 6.61 Å². The Morgan fingerprint density at radius 3 is 2.33 bits per heavy atom. The van der Waals surface area contributed by atoms with Gasteiger partial charge in [-0.05, 0) is 12.8 Å². The lowest BCUT2D eigenvalue weighted by Gasteiger charge is -1.92. The fourth-order valence-electron chi connectivity index (χ4n) is 0.683. The molecule has 0 aromatic rings. The second kappa shape index (κ2) is 7.52. The van der Waals surface area contributed by atoms with Gasteiger partial charge in [-0.25, -0.2) is 5.11 Å². The van der Waals surface area contributed by atoms with Crippen molar-refractivity contribution in [3.8, 4) is 12.3 Å². The van der Waals surface area contributed by atoms with E-state index in [1.54, 1.807) is 0 Å². The fourth-order valence-corrected chi connectivity index (χ4v) is 0.683. The van der Waals surface area contributed by atoms with E-state index in [0.29, 0.717) is 0 Å². The van der Waals surface area contributed by atoms with Crippen LogP contribution in [0.4, 0.5) is 0 Å². The Labute approximate surface area is 57.1 Å². The molecule has 0 amide bonds. The summed E-state index contributed by atoms with van der Waals surface area (Å²) in [7, 11) is 0. The number of hydrogen-bond donors (Lipinski definition) is 0. The molecule has 0 bridgehead atoms. The Morgan fingerprint density at radius 2 is 1.78 bits per heavy atom. The van der Waals surface area contributed by atoms with Crippen molar-refractivity contribution in [3.63, 3.8) is 0 Å². The third-order valence-corrected chi connectivity index (χ3v) is 1.22. The first-order chi connectivity index (χ1) is 4.41. The van der Waals surface area contributed by atoms with E-state index in [1.165, 1.54) is 0 Å². The third-order valence-electron chi connectivity index (χ3n) is 1.22. The highest BCUT2D eigenvalue weighted by Gasteiger charge is 1.86. The monoisotopic (exact) mass is 125 g/mol. The summed E-state index contributed by atoms with van der Waals surface area (Å²) in [4.78, 5) is 0. The van der Waals surface area contributed by atoms with Crippen molar-refractivity contribution < 1.29 is 5.11 Å². The molecule has 0 aromatic carbocycles. The summed E-state index contributed by atoms with van der Waals surface area (Å²) < 4.78 is 0. The first-order valence-corrected chi connectivity index (χ1v) is 3.43. The van der Waals surface area contributed by atoms with Gasteiger partial charge in [0.25, 0.3) is 0 Å². The van der Waals surface area contributed by atoms with Crippen LogP contribution in [-0.2, 0) is 5.11 Å².